The van der Waals surface area contributed by atoms with Crippen molar-refractivity contribution in [3.8, 4) is 0 Å². The summed E-state index contributed by atoms with van der Waals surface area (Å²) in [5.41, 5.74) is -2.65. The van der Waals surface area contributed by atoms with Crippen LogP contribution in [0.25, 0.3) is 0 Å². The molecule has 1 saturated heterocycles. The maximum absolute atomic E-state index is 12.9. The summed E-state index contributed by atoms with van der Waals surface area (Å²) < 4.78 is 77.6. The molecule has 0 unspecified atom stereocenters. The summed E-state index contributed by atoms with van der Waals surface area (Å²) in [6, 6.07) is 0.981. The van der Waals surface area contributed by atoms with E-state index in [1.165, 1.54) is 6.08 Å². The van der Waals surface area contributed by atoms with E-state index < -0.39 is 29.5 Å². The Kier molecular flexibility index (Phi) is 5.05. The molecule has 0 aliphatic carbocycles. The predicted molar refractivity (Wildman–Crippen MR) is 73.8 cm³/mol. The number of halogens is 6. The van der Waals surface area contributed by atoms with Gasteiger partial charge in [0.05, 0.1) is 17.2 Å². The van der Waals surface area contributed by atoms with E-state index in [-0.39, 0.29) is 11.6 Å². The second kappa shape index (κ2) is 6.52. The Balaban J connectivity index is 2.48. The van der Waals surface area contributed by atoms with E-state index >= 15 is 0 Å². The van der Waals surface area contributed by atoms with Crippen molar-refractivity contribution in [2.24, 2.45) is 0 Å². The van der Waals surface area contributed by atoms with Crippen molar-refractivity contribution in [2.45, 2.75) is 18.4 Å². The van der Waals surface area contributed by atoms with Gasteiger partial charge in [-0.15, -0.1) is 6.58 Å². The predicted octanol–water partition coefficient (Wildman–Crippen LogP) is 3.86. The molecule has 0 bridgehead atoms. The molecule has 0 radical (unpaired) electrons. The molecule has 1 atom stereocenters. The van der Waals surface area contributed by atoms with Gasteiger partial charge < -0.3 is 5.32 Å². The van der Waals surface area contributed by atoms with Crippen LogP contribution in [0.2, 0.25) is 0 Å². The van der Waals surface area contributed by atoms with Gasteiger partial charge in [-0.1, -0.05) is 6.08 Å². The lowest BCUT2D eigenvalue weighted by Crippen LogP contribution is -2.44. The monoisotopic (exact) mass is 338 g/mol. The van der Waals surface area contributed by atoms with E-state index in [4.69, 9.17) is 0 Å². The number of rotatable bonds is 3. The van der Waals surface area contributed by atoms with Gasteiger partial charge in [0, 0.05) is 26.2 Å². The minimum Gasteiger partial charge on any atom is -0.314 e. The van der Waals surface area contributed by atoms with E-state index in [1.807, 2.05) is 0 Å². The SMILES string of the molecule is C=C[C@H](c1cc(C(F)(F)F)cc(C(F)(F)F)c1)N1CCNCC1. The van der Waals surface area contributed by atoms with Crippen LogP contribution in [0.1, 0.15) is 22.7 Å². The standard InChI is InChI=1S/C15H16F6N2/c1-2-13(23-5-3-22-4-6-23)10-7-11(14(16,17)18)9-12(8-10)15(19,20)21/h2,7-9,13,22H,1,3-6H2/t13-/m1/s1. The third-order valence-electron chi connectivity index (χ3n) is 3.72. The van der Waals surface area contributed by atoms with Crippen LogP contribution >= 0.6 is 0 Å². The maximum atomic E-state index is 12.9. The van der Waals surface area contributed by atoms with E-state index in [2.05, 4.69) is 11.9 Å². The third kappa shape index (κ3) is 4.26. The molecule has 1 heterocycles. The fourth-order valence-corrected chi connectivity index (χ4v) is 2.61. The van der Waals surface area contributed by atoms with Gasteiger partial charge in [-0.2, -0.15) is 26.3 Å². The average molecular weight is 338 g/mol. The molecule has 1 fully saturated rings. The quantitative estimate of drug-likeness (QED) is 0.665. The molecule has 2 rings (SSSR count). The van der Waals surface area contributed by atoms with Crippen molar-refractivity contribution in [3.63, 3.8) is 0 Å². The van der Waals surface area contributed by atoms with Crippen molar-refractivity contribution in [3.05, 3.63) is 47.5 Å². The Bertz CT molecular complexity index is 526. The van der Waals surface area contributed by atoms with Crippen LogP contribution in [0, 0.1) is 0 Å². The summed E-state index contributed by atoms with van der Waals surface area (Å²) in [5.74, 6) is 0. The minimum absolute atomic E-state index is 0.0518. The first-order chi connectivity index (χ1) is 10.6. The Morgan fingerprint density at radius 1 is 0.957 bits per heavy atom. The minimum atomic E-state index is -4.84. The van der Waals surface area contributed by atoms with Crippen LogP contribution in [-0.2, 0) is 12.4 Å². The largest absolute Gasteiger partial charge is 0.416 e. The summed E-state index contributed by atoms with van der Waals surface area (Å²) in [4.78, 5) is 1.80. The van der Waals surface area contributed by atoms with Gasteiger partial charge in [0.2, 0.25) is 0 Å². The van der Waals surface area contributed by atoms with E-state index in [0.29, 0.717) is 26.2 Å². The molecular weight excluding hydrogens is 322 g/mol. The van der Waals surface area contributed by atoms with E-state index in [0.717, 1.165) is 12.1 Å². The second-order valence-electron chi connectivity index (χ2n) is 5.31. The van der Waals surface area contributed by atoms with Crippen molar-refractivity contribution in [1.29, 1.82) is 0 Å². The molecule has 128 valence electrons. The first-order valence-electron chi connectivity index (χ1n) is 6.99. The van der Waals surface area contributed by atoms with Crippen LogP contribution in [0.3, 0.4) is 0 Å². The van der Waals surface area contributed by atoms with Gasteiger partial charge in [-0.25, -0.2) is 0 Å². The molecular formula is C15H16F6N2. The number of alkyl halides is 6. The lowest BCUT2D eigenvalue weighted by atomic mass is 9.98. The zero-order chi connectivity index (χ0) is 17.3. The van der Waals surface area contributed by atoms with E-state index in [1.54, 1.807) is 4.90 Å². The van der Waals surface area contributed by atoms with Crippen molar-refractivity contribution >= 4 is 0 Å². The molecule has 8 heteroatoms. The number of benzene rings is 1. The molecule has 23 heavy (non-hydrogen) atoms. The number of nitrogens with one attached hydrogen (secondary N) is 1. The highest BCUT2D eigenvalue weighted by Gasteiger charge is 2.37. The summed E-state index contributed by atoms with van der Waals surface area (Å²) >= 11 is 0. The highest BCUT2D eigenvalue weighted by Crippen LogP contribution is 2.38. The van der Waals surface area contributed by atoms with Crippen LogP contribution in [-0.4, -0.2) is 31.1 Å². The molecule has 0 aromatic heterocycles. The summed E-state index contributed by atoms with van der Waals surface area (Å²) in [6.45, 7) is 5.86. The van der Waals surface area contributed by atoms with Crippen LogP contribution in [0.4, 0.5) is 26.3 Å². The lowest BCUT2D eigenvalue weighted by molar-refractivity contribution is -0.143. The fraction of sp³-hybridized carbons (Fsp3) is 0.467. The number of hydrogen-bond acceptors (Lipinski definition) is 2. The smallest absolute Gasteiger partial charge is 0.314 e. The lowest BCUT2D eigenvalue weighted by Gasteiger charge is -2.34. The van der Waals surface area contributed by atoms with E-state index in [9.17, 15) is 26.3 Å². The molecule has 1 aliphatic heterocycles. The molecule has 2 nitrogen and oxygen atoms in total. The average Bonchev–Trinajstić information content (AvgIpc) is 2.47. The Labute approximate surface area is 129 Å². The van der Waals surface area contributed by atoms with Crippen LogP contribution in [0.15, 0.2) is 30.9 Å². The number of hydrogen-bond donors (Lipinski definition) is 1. The highest BCUT2D eigenvalue weighted by atomic mass is 19.4. The first-order valence-corrected chi connectivity index (χ1v) is 6.99. The molecule has 0 spiro atoms. The second-order valence-corrected chi connectivity index (χ2v) is 5.31. The van der Waals surface area contributed by atoms with Crippen LogP contribution in [0.5, 0.6) is 0 Å². The topological polar surface area (TPSA) is 15.3 Å². The molecule has 1 aliphatic rings. The van der Waals surface area contributed by atoms with Gasteiger partial charge in [0.25, 0.3) is 0 Å². The van der Waals surface area contributed by atoms with Crippen molar-refractivity contribution in [2.75, 3.05) is 26.2 Å². The summed E-state index contributed by atoms with van der Waals surface area (Å²) in [5, 5.41) is 3.08. The summed E-state index contributed by atoms with van der Waals surface area (Å²) in [6.07, 6.45) is -8.31. The fourth-order valence-electron chi connectivity index (χ4n) is 2.61. The Morgan fingerprint density at radius 3 is 1.83 bits per heavy atom. The molecule has 0 amide bonds. The van der Waals surface area contributed by atoms with Gasteiger partial charge in [-0.05, 0) is 23.8 Å². The van der Waals surface area contributed by atoms with Gasteiger partial charge >= 0.3 is 12.4 Å². The Morgan fingerprint density at radius 2 is 1.43 bits per heavy atom. The third-order valence-corrected chi connectivity index (χ3v) is 3.72. The number of piperazine rings is 1. The highest BCUT2D eigenvalue weighted by molar-refractivity contribution is 5.36. The molecule has 1 N–H and O–H groups in total. The van der Waals surface area contributed by atoms with Crippen LogP contribution < -0.4 is 5.32 Å². The van der Waals surface area contributed by atoms with Gasteiger partial charge in [-0.3, -0.25) is 4.90 Å². The number of nitrogens with zero attached hydrogens (tertiary/aromatic N) is 1. The first kappa shape index (κ1) is 17.8. The maximum Gasteiger partial charge on any atom is 0.416 e. The van der Waals surface area contributed by atoms with Gasteiger partial charge in [0.1, 0.15) is 0 Å². The summed E-state index contributed by atoms with van der Waals surface area (Å²) in [7, 11) is 0. The Hall–Kier alpha value is -1.54. The zero-order valence-corrected chi connectivity index (χ0v) is 12.1. The molecule has 0 saturated carbocycles. The van der Waals surface area contributed by atoms with Crippen molar-refractivity contribution < 1.29 is 26.3 Å². The molecule has 1 aromatic rings. The van der Waals surface area contributed by atoms with Crippen molar-refractivity contribution in [1.82, 2.24) is 10.2 Å². The normalized spacial score (nSPS) is 18.7. The zero-order valence-electron chi connectivity index (χ0n) is 12.1. The molecule has 1 aromatic carbocycles. The van der Waals surface area contributed by atoms with Gasteiger partial charge in [0.15, 0.2) is 0 Å².